The van der Waals surface area contributed by atoms with Crippen molar-refractivity contribution in [1.82, 2.24) is 10.4 Å². The first-order valence-electron chi connectivity index (χ1n) is 9.81. The van der Waals surface area contributed by atoms with Gasteiger partial charge >= 0.3 is 5.97 Å². The van der Waals surface area contributed by atoms with Crippen LogP contribution in [0.25, 0.3) is 11.1 Å². The summed E-state index contributed by atoms with van der Waals surface area (Å²) in [6.45, 7) is 2.05. The number of hydrazine groups is 1. The van der Waals surface area contributed by atoms with Gasteiger partial charge in [0.05, 0.1) is 12.8 Å². The van der Waals surface area contributed by atoms with Crippen molar-refractivity contribution < 1.29 is 9.53 Å². The predicted octanol–water partition coefficient (Wildman–Crippen LogP) is 3.62. The number of aryl methyl sites for hydroxylation is 1. The molecule has 5 rings (SSSR count). The summed E-state index contributed by atoms with van der Waals surface area (Å²) in [7, 11) is 3.15. The van der Waals surface area contributed by atoms with Gasteiger partial charge in [0.15, 0.2) is 5.66 Å². The minimum atomic E-state index is -0.797. The zero-order chi connectivity index (χ0) is 20.9. The van der Waals surface area contributed by atoms with Crippen molar-refractivity contribution in [3.63, 3.8) is 0 Å². The van der Waals surface area contributed by atoms with E-state index in [-0.39, 0.29) is 5.84 Å². The molecule has 1 spiro atoms. The van der Waals surface area contributed by atoms with Crippen LogP contribution < -0.4 is 10.4 Å². The summed E-state index contributed by atoms with van der Waals surface area (Å²) in [5.41, 5.74) is 9.22. The van der Waals surface area contributed by atoms with E-state index in [1.807, 2.05) is 60.5 Å². The minimum absolute atomic E-state index is 0.186. The number of rotatable bonds is 2. The fourth-order valence-electron chi connectivity index (χ4n) is 4.35. The lowest BCUT2D eigenvalue weighted by Crippen LogP contribution is -2.65. The quantitative estimate of drug-likeness (QED) is 0.668. The molecule has 30 heavy (non-hydrogen) atoms. The Bertz CT molecular complexity index is 1120. The third-order valence-corrected chi connectivity index (χ3v) is 5.73. The zero-order valence-corrected chi connectivity index (χ0v) is 17.1. The van der Waals surface area contributed by atoms with Gasteiger partial charge in [0.2, 0.25) is 5.84 Å². The lowest BCUT2D eigenvalue weighted by Gasteiger charge is -2.47. The largest absolute Gasteiger partial charge is 0.463 e. The molecule has 0 radical (unpaired) electrons. The second kappa shape index (κ2) is 6.71. The lowest BCUT2D eigenvalue weighted by atomic mass is 9.95. The number of fused-ring (bicyclic) bond motifs is 5. The Morgan fingerprint density at radius 2 is 1.50 bits per heavy atom. The van der Waals surface area contributed by atoms with Crippen molar-refractivity contribution in [2.24, 2.45) is 5.10 Å². The predicted molar refractivity (Wildman–Crippen MR) is 117 cm³/mol. The molecule has 150 valence electrons. The van der Waals surface area contributed by atoms with Gasteiger partial charge in [-0.1, -0.05) is 66.2 Å². The Labute approximate surface area is 175 Å². The molecule has 0 amide bonds. The fraction of sp³-hybridized carbons (Fsp3) is 0.167. The van der Waals surface area contributed by atoms with Crippen LogP contribution in [0.3, 0.4) is 0 Å². The molecule has 2 aliphatic rings. The molecule has 0 bridgehead atoms. The van der Waals surface area contributed by atoms with E-state index >= 15 is 0 Å². The number of anilines is 1. The molecule has 3 aromatic carbocycles. The Balaban J connectivity index is 1.83. The minimum Gasteiger partial charge on any atom is -0.463 e. The number of hydrogen-bond donors (Lipinski definition) is 1. The highest BCUT2D eigenvalue weighted by Crippen LogP contribution is 2.51. The molecule has 1 aliphatic heterocycles. The Morgan fingerprint density at radius 1 is 0.933 bits per heavy atom. The first-order chi connectivity index (χ1) is 14.6. The van der Waals surface area contributed by atoms with Crippen LogP contribution in [0.5, 0.6) is 0 Å². The highest BCUT2D eigenvalue weighted by atomic mass is 16.5. The van der Waals surface area contributed by atoms with Gasteiger partial charge in [0, 0.05) is 18.2 Å². The number of nitrogens with one attached hydrogen (secondary N) is 1. The summed E-state index contributed by atoms with van der Waals surface area (Å²) in [4.78, 5) is 12.4. The van der Waals surface area contributed by atoms with Crippen LogP contribution >= 0.6 is 0 Å². The van der Waals surface area contributed by atoms with Crippen LogP contribution in [0, 0.1) is 6.92 Å². The van der Waals surface area contributed by atoms with Crippen molar-refractivity contribution in [2.75, 3.05) is 19.2 Å². The maximum absolute atomic E-state index is 12.4. The molecular weight excluding hydrogens is 376 g/mol. The first kappa shape index (κ1) is 18.4. The van der Waals surface area contributed by atoms with Crippen LogP contribution in [-0.2, 0) is 15.2 Å². The fourth-order valence-corrected chi connectivity index (χ4v) is 4.35. The number of amidine groups is 1. The van der Waals surface area contributed by atoms with Gasteiger partial charge in [-0.15, -0.1) is 5.10 Å². The van der Waals surface area contributed by atoms with E-state index in [1.165, 1.54) is 7.11 Å². The van der Waals surface area contributed by atoms with Gasteiger partial charge in [-0.05, 0) is 30.2 Å². The third kappa shape index (κ3) is 2.47. The van der Waals surface area contributed by atoms with Crippen molar-refractivity contribution in [2.45, 2.75) is 12.6 Å². The molecule has 0 saturated heterocycles. The first-order valence-corrected chi connectivity index (χ1v) is 9.81. The smallest absolute Gasteiger partial charge is 0.377 e. The van der Waals surface area contributed by atoms with E-state index in [4.69, 9.17) is 9.84 Å². The van der Waals surface area contributed by atoms with E-state index in [0.29, 0.717) is 0 Å². The zero-order valence-electron chi connectivity index (χ0n) is 17.1. The van der Waals surface area contributed by atoms with Crippen molar-refractivity contribution in [3.8, 4) is 11.1 Å². The maximum Gasteiger partial charge on any atom is 0.377 e. The van der Waals surface area contributed by atoms with Gasteiger partial charge in [-0.3, -0.25) is 5.01 Å². The van der Waals surface area contributed by atoms with Gasteiger partial charge < -0.3 is 4.74 Å². The van der Waals surface area contributed by atoms with Crippen LogP contribution in [0.1, 0.15) is 16.7 Å². The van der Waals surface area contributed by atoms with Crippen LogP contribution in [0.4, 0.5) is 5.69 Å². The van der Waals surface area contributed by atoms with Crippen molar-refractivity contribution in [1.29, 1.82) is 0 Å². The molecule has 6 heteroatoms. The summed E-state index contributed by atoms with van der Waals surface area (Å²) < 4.78 is 4.98. The average molecular weight is 398 g/mol. The van der Waals surface area contributed by atoms with Gasteiger partial charge in [-0.25, -0.2) is 9.80 Å². The third-order valence-electron chi connectivity index (χ3n) is 5.73. The standard InChI is InChI=1S/C24H22N4O2/c1-16-12-14-17(15-13-16)28-24(26-27(2)22(25-28)23(29)30-3)20-10-6-4-8-18(20)19-9-5-7-11-21(19)24/h4-15,26H,1-3H3. The molecule has 1 aliphatic carbocycles. The monoisotopic (exact) mass is 398 g/mol. The number of hydrogen-bond acceptors (Lipinski definition) is 6. The number of ether oxygens (including phenoxy) is 1. The van der Waals surface area contributed by atoms with E-state index in [9.17, 15) is 4.79 Å². The van der Waals surface area contributed by atoms with Crippen molar-refractivity contribution in [3.05, 3.63) is 89.5 Å². The molecule has 0 atom stereocenters. The number of methoxy groups -OCH3 is 1. The van der Waals surface area contributed by atoms with Gasteiger partial charge in [-0.2, -0.15) is 5.43 Å². The molecule has 6 nitrogen and oxygen atoms in total. The summed E-state index contributed by atoms with van der Waals surface area (Å²) in [5.74, 6) is -0.318. The Hall–Kier alpha value is -3.64. The lowest BCUT2D eigenvalue weighted by molar-refractivity contribution is -0.134. The van der Waals surface area contributed by atoms with E-state index in [0.717, 1.165) is 33.5 Å². The molecule has 1 heterocycles. The maximum atomic E-state index is 12.4. The topological polar surface area (TPSA) is 57.2 Å². The number of carbonyl (C=O) groups is 1. The van der Waals surface area contributed by atoms with Gasteiger partial charge in [0.1, 0.15) is 0 Å². The highest BCUT2D eigenvalue weighted by molar-refractivity contribution is 6.35. The van der Waals surface area contributed by atoms with E-state index in [1.54, 1.807) is 12.1 Å². The number of hydrazone groups is 1. The second-order valence-electron chi connectivity index (χ2n) is 7.53. The molecule has 1 N–H and O–H groups in total. The number of esters is 1. The Kier molecular flexibility index (Phi) is 4.11. The van der Waals surface area contributed by atoms with Crippen LogP contribution in [0.2, 0.25) is 0 Å². The van der Waals surface area contributed by atoms with Gasteiger partial charge in [0.25, 0.3) is 0 Å². The molecular formula is C24H22N4O2. The SMILES string of the molecule is COC(=O)C1=NN(c2ccc(C)cc2)C2(NN1C)c1ccccc1-c1ccccc12. The number of likely N-dealkylation sites (N-methyl/N-ethyl adjacent to an activating group) is 1. The summed E-state index contributed by atoms with van der Waals surface area (Å²) in [6, 6.07) is 24.7. The normalized spacial score (nSPS) is 16.2. The molecule has 0 fully saturated rings. The molecule has 0 saturated carbocycles. The molecule has 0 aromatic heterocycles. The van der Waals surface area contributed by atoms with Crippen LogP contribution in [0.15, 0.2) is 77.9 Å². The molecule has 3 aromatic rings. The summed E-state index contributed by atoms with van der Waals surface area (Å²) in [5, 5.41) is 8.35. The van der Waals surface area contributed by atoms with E-state index < -0.39 is 11.6 Å². The van der Waals surface area contributed by atoms with Crippen molar-refractivity contribution >= 4 is 17.5 Å². The Morgan fingerprint density at radius 3 is 2.07 bits per heavy atom. The average Bonchev–Trinajstić information content (AvgIpc) is 3.05. The van der Waals surface area contributed by atoms with Crippen LogP contribution in [-0.4, -0.2) is 31.0 Å². The second-order valence-corrected chi connectivity index (χ2v) is 7.53. The molecule has 0 unspecified atom stereocenters. The summed E-state index contributed by atoms with van der Waals surface area (Å²) >= 11 is 0. The number of nitrogens with zero attached hydrogens (tertiary/aromatic N) is 3. The van der Waals surface area contributed by atoms with E-state index in [2.05, 4.69) is 29.7 Å². The number of carbonyl (C=O) groups excluding carboxylic acids is 1. The summed E-state index contributed by atoms with van der Waals surface area (Å²) in [6.07, 6.45) is 0. The highest BCUT2D eigenvalue weighted by Gasteiger charge is 2.52. The number of benzene rings is 3.